The number of aliphatic hydroxyl groups excluding tert-OH is 1. The van der Waals surface area contributed by atoms with E-state index >= 15 is 0 Å². The van der Waals surface area contributed by atoms with Crippen LogP contribution in [0.1, 0.15) is 39.5 Å². The quantitative estimate of drug-likeness (QED) is 0.650. The highest BCUT2D eigenvalue weighted by Gasteiger charge is 2.44. The van der Waals surface area contributed by atoms with Crippen molar-refractivity contribution in [1.82, 2.24) is 0 Å². The maximum absolute atomic E-state index is 11.6. The Labute approximate surface area is 128 Å². The van der Waals surface area contributed by atoms with E-state index < -0.39 is 42.3 Å². The van der Waals surface area contributed by atoms with E-state index in [4.69, 9.17) is 19.3 Å². The summed E-state index contributed by atoms with van der Waals surface area (Å²) in [7, 11) is 0. The van der Waals surface area contributed by atoms with E-state index in [-0.39, 0.29) is 32.3 Å². The predicted molar refractivity (Wildman–Crippen MR) is 72.7 cm³/mol. The van der Waals surface area contributed by atoms with Gasteiger partial charge in [0.25, 0.3) is 0 Å². The van der Waals surface area contributed by atoms with Gasteiger partial charge in [0.2, 0.25) is 0 Å². The predicted octanol–water partition coefficient (Wildman–Crippen LogP) is 0.460. The molecule has 0 unspecified atom stereocenters. The Bertz CT molecular complexity index is 408. The molecule has 0 bridgehead atoms. The molecular formula is C14H22O8. The van der Waals surface area contributed by atoms with Crippen LogP contribution in [0.4, 0.5) is 0 Å². The molecule has 0 radical (unpaired) electrons. The minimum Gasteiger partial charge on any atom is -0.481 e. The van der Waals surface area contributed by atoms with Crippen molar-refractivity contribution < 1.29 is 38.8 Å². The van der Waals surface area contributed by atoms with Crippen molar-refractivity contribution in [2.24, 2.45) is 5.92 Å². The van der Waals surface area contributed by atoms with Crippen LogP contribution in [0.5, 0.6) is 0 Å². The maximum Gasteiger partial charge on any atom is 0.306 e. The summed E-state index contributed by atoms with van der Waals surface area (Å²) in [6.07, 6.45) is -3.24. The number of ether oxygens (including phenoxy) is 3. The molecule has 22 heavy (non-hydrogen) atoms. The van der Waals surface area contributed by atoms with E-state index in [0.29, 0.717) is 0 Å². The van der Waals surface area contributed by atoms with Gasteiger partial charge in [0.15, 0.2) is 12.4 Å². The molecule has 8 nitrogen and oxygen atoms in total. The normalized spacial score (nSPS) is 28.0. The summed E-state index contributed by atoms with van der Waals surface area (Å²) in [5.41, 5.74) is 0. The monoisotopic (exact) mass is 318 g/mol. The van der Waals surface area contributed by atoms with Gasteiger partial charge in [-0.15, -0.1) is 0 Å². The van der Waals surface area contributed by atoms with Gasteiger partial charge < -0.3 is 24.4 Å². The van der Waals surface area contributed by atoms with Crippen LogP contribution in [0.3, 0.4) is 0 Å². The van der Waals surface area contributed by atoms with Gasteiger partial charge in [-0.05, 0) is 6.42 Å². The molecule has 2 N–H and O–H groups in total. The van der Waals surface area contributed by atoms with Crippen LogP contribution in [-0.4, -0.2) is 53.2 Å². The van der Waals surface area contributed by atoms with Gasteiger partial charge >= 0.3 is 17.9 Å². The molecular weight excluding hydrogens is 296 g/mol. The summed E-state index contributed by atoms with van der Waals surface area (Å²) in [5.74, 6) is -2.54. The molecule has 0 spiro atoms. The molecule has 8 heteroatoms. The van der Waals surface area contributed by atoms with Crippen molar-refractivity contribution in [3.63, 3.8) is 0 Å². The smallest absolute Gasteiger partial charge is 0.306 e. The van der Waals surface area contributed by atoms with E-state index in [9.17, 15) is 19.5 Å². The van der Waals surface area contributed by atoms with Crippen molar-refractivity contribution in [3.8, 4) is 0 Å². The van der Waals surface area contributed by atoms with Crippen LogP contribution >= 0.6 is 0 Å². The van der Waals surface area contributed by atoms with E-state index in [1.165, 1.54) is 0 Å². The lowest BCUT2D eigenvalue weighted by Crippen LogP contribution is -2.54. The Kier molecular flexibility index (Phi) is 7.26. The number of hydrogen-bond acceptors (Lipinski definition) is 7. The second-order valence-corrected chi connectivity index (χ2v) is 5.03. The minimum atomic E-state index is -1.41. The Morgan fingerprint density at radius 1 is 1.09 bits per heavy atom. The highest BCUT2D eigenvalue weighted by atomic mass is 16.7. The molecule has 0 aliphatic carbocycles. The van der Waals surface area contributed by atoms with Crippen LogP contribution < -0.4 is 0 Å². The van der Waals surface area contributed by atoms with E-state index in [1.54, 1.807) is 13.8 Å². The lowest BCUT2D eigenvalue weighted by Gasteiger charge is -2.39. The van der Waals surface area contributed by atoms with Crippen molar-refractivity contribution in [1.29, 1.82) is 0 Å². The van der Waals surface area contributed by atoms with E-state index in [1.807, 2.05) is 0 Å². The summed E-state index contributed by atoms with van der Waals surface area (Å²) in [6.45, 7) is 3.22. The number of carbonyl (C=O) groups is 3. The number of aliphatic hydroxyl groups is 1. The van der Waals surface area contributed by atoms with Crippen molar-refractivity contribution in [2.75, 3.05) is 6.61 Å². The standard InChI is InChI=1S/C14H22O8/c1-3-10(17)21-12-8(5-6-9(15)16)7-20-14(19)13(12)22-11(18)4-2/h8,12-14,19H,3-7H2,1-2H3,(H,15,16)/t8-,12-,13+,14+/m0/s1. The summed E-state index contributed by atoms with van der Waals surface area (Å²) in [4.78, 5) is 33.8. The average molecular weight is 318 g/mol. The van der Waals surface area contributed by atoms with E-state index in [0.717, 1.165) is 0 Å². The zero-order valence-corrected chi connectivity index (χ0v) is 12.7. The lowest BCUT2D eigenvalue weighted by molar-refractivity contribution is -0.255. The zero-order valence-electron chi connectivity index (χ0n) is 12.7. The maximum atomic E-state index is 11.6. The van der Waals surface area contributed by atoms with E-state index in [2.05, 4.69) is 0 Å². The molecule has 4 atom stereocenters. The third-order valence-corrected chi connectivity index (χ3v) is 3.39. The number of rotatable bonds is 7. The van der Waals surface area contributed by atoms with Gasteiger partial charge in [-0.3, -0.25) is 14.4 Å². The molecule has 0 aromatic heterocycles. The SMILES string of the molecule is CCC(=O)O[C@@H]1[C@@H](OC(=O)CC)[C@@H](CCC(=O)O)CO[C@H]1O. The topological polar surface area (TPSA) is 119 Å². The van der Waals surface area contributed by atoms with Crippen LogP contribution in [0.15, 0.2) is 0 Å². The molecule has 1 saturated heterocycles. The molecule has 0 amide bonds. The third-order valence-electron chi connectivity index (χ3n) is 3.39. The molecule has 1 aliphatic heterocycles. The molecule has 1 rings (SSSR count). The number of aliphatic carboxylic acids is 1. The number of carboxylic acids is 1. The zero-order chi connectivity index (χ0) is 16.7. The summed E-state index contributed by atoms with van der Waals surface area (Å²) >= 11 is 0. The average Bonchev–Trinajstić information content (AvgIpc) is 2.49. The van der Waals surface area contributed by atoms with Gasteiger partial charge in [0.05, 0.1) is 6.61 Å². The van der Waals surface area contributed by atoms with Gasteiger partial charge in [0, 0.05) is 25.2 Å². The minimum absolute atomic E-state index is 0.0241. The summed E-state index contributed by atoms with van der Waals surface area (Å²) in [6, 6.07) is 0. The molecule has 0 aromatic carbocycles. The Morgan fingerprint density at radius 2 is 1.64 bits per heavy atom. The molecule has 0 aromatic rings. The Morgan fingerprint density at radius 3 is 2.14 bits per heavy atom. The first-order valence-electron chi connectivity index (χ1n) is 7.29. The highest BCUT2D eigenvalue weighted by molar-refractivity contribution is 5.70. The number of esters is 2. The Hall–Kier alpha value is -1.67. The Balaban J connectivity index is 2.88. The van der Waals surface area contributed by atoms with Crippen LogP contribution in [0.25, 0.3) is 0 Å². The number of carboxylic acid groups (broad SMARTS) is 1. The van der Waals surface area contributed by atoms with Crippen molar-refractivity contribution >= 4 is 17.9 Å². The lowest BCUT2D eigenvalue weighted by atomic mass is 9.91. The molecule has 1 aliphatic rings. The van der Waals surface area contributed by atoms with Gasteiger partial charge in [0.1, 0.15) is 6.10 Å². The summed E-state index contributed by atoms with van der Waals surface area (Å²) < 4.78 is 15.5. The van der Waals surface area contributed by atoms with Crippen molar-refractivity contribution in [3.05, 3.63) is 0 Å². The first-order valence-corrected chi connectivity index (χ1v) is 7.29. The largest absolute Gasteiger partial charge is 0.481 e. The number of carbonyl (C=O) groups excluding carboxylic acids is 2. The number of hydrogen-bond donors (Lipinski definition) is 2. The fourth-order valence-corrected chi connectivity index (χ4v) is 2.16. The van der Waals surface area contributed by atoms with Crippen molar-refractivity contribution in [2.45, 2.75) is 58.0 Å². The molecule has 0 saturated carbocycles. The fourth-order valence-electron chi connectivity index (χ4n) is 2.16. The van der Waals surface area contributed by atoms with Gasteiger partial charge in [-0.25, -0.2) is 0 Å². The first kappa shape index (κ1) is 18.4. The summed E-state index contributed by atoms with van der Waals surface area (Å²) in [5, 5.41) is 18.6. The first-order chi connectivity index (χ1) is 10.4. The third kappa shape index (κ3) is 5.27. The van der Waals surface area contributed by atoms with Crippen LogP contribution in [0.2, 0.25) is 0 Å². The molecule has 126 valence electrons. The van der Waals surface area contributed by atoms with Crippen LogP contribution in [0, 0.1) is 5.92 Å². The van der Waals surface area contributed by atoms with Gasteiger partial charge in [-0.1, -0.05) is 13.8 Å². The second-order valence-electron chi connectivity index (χ2n) is 5.03. The molecule has 1 heterocycles. The van der Waals surface area contributed by atoms with Gasteiger partial charge in [-0.2, -0.15) is 0 Å². The van der Waals surface area contributed by atoms with Crippen LogP contribution in [-0.2, 0) is 28.6 Å². The highest BCUT2D eigenvalue weighted by Crippen LogP contribution is 2.28. The molecule has 1 fully saturated rings. The second kappa shape index (κ2) is 8.70. The fraction of sp³-hybridized carbons (Fsp3) is 0.786.